The molecule has 0 bridgehead atoms. The first kappa shape index (κ1) is 21.0. The van der Waals surface area contributed by atoms with Gasteiger partial charge in [0.05, 0.1) is 6.61 Å². The SMILES string of the molecule is CCCCCCCCOC(=O)CCCCC(=O)OC1CCCCC1. The van der Waals surface area contributed by atoms with Crippen LogP contribution >= 0.6 is 0 Å². The maximum Gasteiger partial charge on any atom is 0.306 e. The van der Waals surface area contributed by atoms with Crippen LogP contribution in [0.15, 0.2) is 0 Å². The van der Waals surface area contributed by atoms with E-state index >= 15 is 0 Å². The van der Waals surface area contributed by atoms with Crippen LogP contribution < -0.4 is 0 Å². The topological polar surface area (TPSA) is 52.6 Å². The quantitative estimate of drug-likeness (QED) is 0.336. The van der Waals surface area contributed by atoms with Crippen molar-refractivity contribution in [3.63, 3.8) is 0 Å². The third kappa shape index (κ3) is 11.5. The van der Waals surface area contributed by atoms with Crippen molar-refractivity contribution < 1.29 is 19.1 Å². The molecule has 0 radical (unpaired) electrons. The van der Waals surface area contributed by atoms with Gasteiger partial charge in [0.2, 0.25) is 0 Å². The van der Waals surface area contributed by atoms with E-state index < -0.39 is 0 Å². The lowest BCUT2D eigenvalue weighted by atomic mass is 9.98. The lowest BCUT2D eigenvalue weighted by Gasteiger charge is -2.21. The molecular weight excluding hydrogens is 304 g/mol. The highest BCUT2D eigenvalue weighted by Crippen LogP contribution is 2.21. The van der Waals surface area contributed by atoms with E-state index in [4.69, 9.17) is 9.47 Å². The van der Waals surface area contributed by atoms with E-state index in [9.17, 15) is 9.59 Å². The molecule has 140 valence electrons. The van der Waals surface area contributed by atoms with Gasteiger partial charge in [-0.05, 0) is 44.9 Å². The van der Waals surface area contributed by atoms with Gasteiger partial charge in [0, 0.05) is 12.8 Å². The van der Waals surface area contributed by atoms with Gasteiger partial charge in [-0.3, -0.25) is 9.59 Å². The minimum atomic E-state index is -0.135. The summed E-state index contributed by atoms with van der Waals surface area (Å²) in [7, 11) is 0. The molecule has 0 heterocycles. The summed E-state index contributed by atoms with van der Waals surface area (Å²) in [6.45, 7) is 2.74. The molecule has 1 fully saturated rings. The molecule has 24 heavy (non-hydrogen) atoms. The Morgan fingerprint density at radius 2 is 1.42 bits per heavy atom. The van der Waals surface area contributed by atoms with Gasteiger partial charge in [-0.25, -0.2) is 0 Å². The molecule has 0 atom stereocenters. The van der Waals surface area contributed by atoms with Crippen molar-refractivity contribution in [2.45, 2.75) is 109 Å². The second-order valence-electron chi connectivity index (χ2n) is 6.95. The normalized spacial score (nSPS) is 15.2. The van der Waals surface area contributed by atoms with Crippen LogP contribution in [-0.4, -0.2) is 24.6 Å². The summed E-state index contributed by atoms with van der Waals surface area (Å²) in [5.74, 6) is -0.244. The first-order chi connectivity index (χ1) is 11.7. The van der Waals surface area contributed by atoms with Gasteiger partial charge in [0.25, 0.3) is 0 Å². The van der Waals surface area contributed by atoms with Crippen LogP contribution in [0.5, 0.6) is 0 Å². The highest BCUT2D eigenvalue weighted by molar-refractivity contribution is 5.70. The summed E-state index contributed by atoms with van der Waals surface area (Å²) < 4.78 is 10.7. The molecule has 0 N–H and O–H groups in total. The third-order valence-corrected chi connectivity index (χ3v) is 4.62. The number of carbonyl (C=O) groups is 2. The van der Waals surface area contributed by atoms with Crippen LogP contribution in [0.25, 0.3) is 0 Å². The molecule has 0 unspecified atom stereocenters. The maximum absolute atomic E-state index is 11.7. The van der Waals surface area contributed by atoms with E-state index in [2.05, 4.69) is 6.92 Å². The van der Waals surface area contributed by atoms with Gasteiger partial charge in [-0.2, -0.15) is 0 Å². The Labute approximate surface area is 147 Å². The first-order valence-electron chi connectivity index (χ1n) is 10.1. The molecule has 4 nitrogen and oxygen atoms in total. The smallest absolute Gasteiger partial charge is 0.306 e. The largest absolute Gasteiger partial charge is 0.466 e. The van der Waals surface area contributed by atoms with Gasteiger partial charge < -0.3 is 9.47 Å². The predicted molar refractivity (Wildman–Crippen MR) is 95.8 cm³/mol. The van der Waals surface area contributed by atoms with E-state index in [1.807, 2.05) is 0 Å². The molecule has 0 aromatic rings. The van der Waals surface area contributed by atoms with Crippen molar-refractivity contribution in [3.05, 3.63) is 0 Å². The summed E-state index contributed by atoms with van der Waals surface area (Å²) in [6, 6.07) is 0. The Morgan fingerprint density at radius 3 is 2.12 bits per heavy atom. The fourth-order valence-corrected chi connectivity index (χ4v) is 3.11. The van der Waals surface area contributed by atoms with Crippen LogP contribution in [0.2, 0.25) is 0 Å². The standard InChI is InChI=1S/C20H36O4/c1-2-3-4-5-6-12-17-23-19(21)15-10-11-16-20(22)24-18-13-8-7-9-14-18/h18H,2-17H2,1H3. The molecule has 0 aromatic carbocycles. The van der Waals surface area contributed by atoms with Crippen LogP contribution in [0.1, 0.15) is 103 Å². The molecule has 1 rings (SSSR count). The summed E-state index contributed by atoms with van der Waals surface area (Å²) in [5.41, 5.74) is 0. The summed E-state index contributed by atoms with van der Waals surface area (Å²) >= 11 is 0. The van der Waals surface area contributed by atoms with E-state index in [1.54, 1.807) is 0 Å². The van der Waals surface area contributed by atoms with Crippen molar-refractivity contribution in [2.75, 3.05) is 6.61 Å². The first-order valence-corrected chi connectivity index (χ1v) is 10.1. The summed E-state index contributed by atoms with van der Waals surface area (Å²) in [4.78, 5) is 23.3. The van der Waals surface area contributed by atoms with Gasteiger partial charge in [-0.1, -0.05) is 45.4 Å². The molecule has 1 aliphatic carbocycles. The van der Waals surface area contributed by atoms with Crippen molar-refractivity contribution >= 4 is 11.9 Å². The Bertz CT molecular complexity index is 335. The Kier molecular flexibility index (Phi) is 12.5. The van der Waals surface area contributed by atoms with Gasteiger partial charge in [0.1, 0.15) is 6.10 Å². The van der Waals surface area contributed by atoms with Crippen molar-refractivity contribution in [1.82, 2.24) is 0 Å². The molecule has 0 amide bonds. The number of unbranched alkanes of at least 4 members (excludes halogenated alkanes) is 6. The average Bonchev–Trinajstić information content (AvgIpc) is 2.59. The Morgan fingerprint density at radius 1 is 0.792 bits per heavy atom. The Hall–Kier alpha value is -1.06. The van der Waals surface area contributed by atoms with Crippen molar-refractivity contribution in [2.24, 2.45) is 0 Å². The van der Waals surface area contributed by atoms with E-state index in [0.717, 1.165) is 25.7 Å². The molecule has 0 spiro atoms. The van der Waals surface area contributed by atoms with Gasteiger partial charge in [-0.15, -0.1) is 0 Å². The van der Waals surface area contributed by atoms with E-state index in [-0.39, 0.29) is 18.0 Å². The molecule has 1 aliphatic rings. The second-order valence-corrected chi connectivity index (χ2v) is 6.95. The molecule has 0 aromatic heterocycles. The van der Waals surface area contributed by atoms with Crippen molar-refractivity contribution in [1.29, 1.82) is 0 Å². The number of hydrogen-bond acceptors (Lipinski definition) is 4. The van der Waals surface area contributed by atoms with Crippen LogP contribution in [-0.2, 0) is 19.1 Å². The molecule has 1 saturated carbocycles. The number of esters is 2. The second kappa shape index (κ2) is 14.3. The molecular formula is C20H36O4. The molecule has 4 heteroatoms. The zero-order valence-corrected chi connectivity index (χ0v) is 15.5. The lowest BCUT2D eigenvalue weighted by Crippen LogP contribution is -2.20. The highest BCUT2D eigenvalue weighted by Gasteiger charge is 2.17. The number of rotatable bonds is 13. The Balaban J connectivity index is 1.88. The maximum atomic E-state index is 11.7. The van der Waals surface area contributed by atoms with Crippen LogP contribution in [0, 0.1) is 0 Å². The molecule has 0 aliphatic heterocycles. The number of hydrogen-bond donors (Lipinski definition) is 0. The van der Waals surface area contributed by atoms with E-state index in [0.29, 0.717) is 32.3 Å². The molecule has 0 saturated heterocycles. The number of ether oxygens (including phenoxy) is 2. The number of carbonyl (C=O) groups excluding carboxylic acids is 2. The highest BCUT2D eigenvalue weighted by atomic mass is 16.5. The third-order valence-electron chi connectivity index (χ3n) is 4.62. The van der Waals surface area contributed by atoms with E-state index in [1.165, 1.54) is 44.9 Å². The predicted octanol–water partition coefficient (Wildman–Crippen LogP) is 5.33. The van der Waals surface area contributed by atoms with Gasteiger partial charge >= 0.3 is 11.9 Å². The fourth-order valence-electron chi connectivity index (χ4n) is 3.11. The zero-order chi connectivity index (χ0) is 17.5. The lowest BCUT2D eigenvalue weighted by molar-refractivity contribution is -0.151. The summed E-state index contributed by atoms with van der Waals surface area (Å²) in [6.07, 6.45) is 15.1. The van der Waals surface area contributed by atoms with Crippen LogP contribution in [0.3, 0.4) is 0 Å². The van der Waals surface area contributed by atoms with Crippen molar-refractivity contribution in [3.8, 4) is 0 Å². The monoisotopic (exact) mass is 340 g/mol. The fraction of sp³-hybridized carbons (Fsp3) is 0.900. The summed E-state index contributed by atoms with van der Waals surface area (Å²) in [5, 5.41) is 0. The zero-order valence-electron chi connectivity index (χ0n) is 15.5. The minimum absolute atomic E-state index is 0.109. The minimum Gasteiger partial charge on any atom is -0.466 e. The van der Waals surface area contributed by atoms with Crippen LogP contribution in [0.4, 0.5) is 0 Å². The average molecular weight is 341 g/mol. The van der Waals surface area contributed by atoms with Gasteiger partial charge in [0.15, 0.2) is 0 Å².